The normalized spacial score (nSPS) is 21.8. The molecule has 2 amide bonds. The number of piperidine rings is 1. The van der Waals surface area contributed by atoms with E-state index in [0.29, 0.717) is 42.2 Å². The number of hydrogen-bond donors (Lipinski definition) is 3. The Morgan fingerprint density at radius 2 is 1.93 bits per heavy atom. The average Bonchev–Trinajstić information content (AvgIpc) is 3.72. The van der Waals surface area contributed by atoms with E-state index >= 15 is 0 Å². The number of imidazole rings is 1. The number of aromatic nitrogens is 3. The number of carbonyl (C=O) groups excluding carboxylic acids is 2. The van der Waals surface area contributed by atoms with E-state index in [4.69, 9.17) is 24.7 Å². The van der Waals surface area contributed by atoms with Gasteiger partial charge in [-0.1, -0.05) is 12.1 Å². The van der Waals surface area contributed by atoms with Crippen molar-refractivity contribution >= 4 is 39.1 Å². The van der Waals surface area contributed by atoms with Gasteiger partial charge in [-0.3, -0.25) is 14.5 Å². The molecule has 14 nitrogen and oxygen atoms in total. The molecule has 2 aromatic carbocycles. The van der Waals surface area contributed by atoms with Gasteiger partial charge in [0.1, 0.15) is 24.3 Å². The SMILES string of the molecule is N#Cc1ccc(COc2cccc(C3CCN(Cc4nc5cc(C(=O)NCC(=O)N6C[C@@H](O)C[C@H]6C(=O)O)ccc5n4C[C@]4([Si])CCO4)CC3)n2)c(F)c1. The number of benzene rings is 2. The first kappa shape index (κ1) is 37.1. The second-order valence-corrected chi connectivity index (χ2v) is 15.0. The highest BCUT2D eigenvalue weighted by Gasteiger charge is 2.39. The van der Waals surface area contributed by atoms with Crippen LogP contribution in [0.25, 0.3) is 11.0 Å². The molecule has 2 aromatic heterocycles. The van der Waals surface area contributed by atoms with Crippen LogP contribution in [0.2, 0.25) is 0 Å². The number of ether oxygens (including phenoxy) is 2. The first-order chi connectivity index (χ1) is 26.0. The Labute approximate surface area is 313 Å². The number of likely N-dealkylation sites (tertiary alicyclic amines) is 2. The van der Waals surface area contributed by atoms with Gasteiger partial charge in [0.2, 0.25) is 11.8 Å². The molecule has 3 aliphatic heterocycles. The van der Waals surface area contributed by atoms with Crippen molar-refractivity contribution in [2.24, 2.45) is 0 Å². The molecule has 7 rings (SSSR count). The minimum Gasteiger partial charge on any atom is -0.480 e. The highest BCUT2D eigenvalue weighted by molar-refractivity contribution is 6.15. The molecule has 3 aliphatic rings. The van der Waals surface area contributed by atoms with E-state index in [1.807, 2.05) is 24.3 Å². The number of pyridine rings is 1. The van der Waals surface area contributed by atoms with Crippen LogP contribution in [0.15, 0.2) is 54.6 Å². The number of amides is 2. The molecular weight excluding hydrogens is 714 g/mol. The molecule has 0 aliphatic carbocycles. The first-order valence-corrected chi connectivity index (χ1v) is 18.4. The van der Waals surface area contributed by atoms with Gasteiger partial charge in [-0.25, -0.2) is 19.2 Å². The van der Waals surface area contributed by atoms with Crippen LogP contribution in [0.5, 0.6) is 5.88 Å². The summed E-state index contributed by atoms with van der Waals surface area (Å²) in [6.45, 7) is 2.82. The molecule has 279 valence electrons. The topological polar surface area (TPSA) is 183 Å². The van der Waals surface area contributed by atoms with Crippen molar-refractivity contribution in [2.75, 3.05) is 32.8 Å². The Hall–Kier alpha value is -5.21. The third-order valence-corrected chi connectivity index (χ3v) is 10.9. The molecule has 4 aromatic rings. The van der Waals surface area contributed by atoms with Gasteiger partial charge in [-0.2, -0.15) is 5.26 Å². The lowest BCUT2D eigenvalue weighted by atomic mass is 9.93. The molecule has 0 spiro atoms. The minimum absolute atomic E-state index is 0.000622. The number of rotatable bonds is 12. The summed E-state index contributed by atoms with van der Waals surface area (Å²) in [5.41, 5.74) is 3.26. The summed E-state index contributed by atoms with van der Waals surface area (Å²) in [7, 11) is 3.80. The molecule has 16 heteroatoms. The fraction of sp³-hybridized carbons (Fsp3) is 0.421. The number of carboxylic acid groups (broad SMARTS) is 1. The first-order valence-electron chi connectivity index (χ1n) is 17.9. The lowest BCUT2D eigenvalue weighted by Crippen LogP contribution is -2.48. The standard InChI is InChI=1S/C38H39FN7O7Si/c39-28-14-23(17-40)4-5-26(28)21-52-34-3-1-2-29(43-34)24-8-11-44(12-9-24)20-33-42-30-15-25(6-7-31(30)46(33)22-38(54)10-13-53-38)36(49)41-18-35(48)45-19-27(47)16-32(45)37(50)51/h1-7,14-15,24,27,32,47H,8-13,16,18-22H2,(H,41,49)(H,50,51)/t27-,32-,38+/m0/s1. The number of carboxylic acids is 1. The van der Waals surface area contributed by atoms with Gasteiger partial charge in [0.05, 0.1) is 57.3 Å². The molecule has 0 bridgehead atoms. The predicted molar refractivity (Wildman–Crippen MR) is 192 cm³/mol. The van der Waals surface area contributed by atoms with E-state index in [2.05, 4.69) is 25.0 Å². The molecule has 3 saturated heterocycles. The number of aliphatic hydroxyl groups is 1. The van der Waals surface area contributed by atoms with E-state index in [-0.39, 0.29) is 31.1 Å². The maximum absolute atomic E-state index is 14.4. The van der Waals surface area contributed by atoms with Crippen LogP contribution in [0.4, 0.5) is 4.39 Å². The van der Waals surface area contributed by atoms with Crippen LogP contribution in [0.3, 0.4) is 0 Å². The van der Waals surface area contributed by atoms with Crippen molar-refractivity contribution < 1.29 is 38.5 Å². The number of aliphatic hydroxyl groups excluding tert-OH is 1. The molecule has 5 heterocycles. The average molecular weight is 753 g/mol. The number of fused-ring (bicyclic) bond motifs is 1. The van der Waals surface area contributed by atoms with Gasteiger partial charge in [-0.05, 0) is 68.8 Å². The van der Waals surface area contributed by atoms with Crippen molar-refractivity contribution in [1.29, 1.82) is 5.26 Å². The smallest absolute Gasteiger partial charge is 0.326 e. The van der Waals surface area contributed by atoms with Crippen LogP contribution < -0.4 is 10.1 Å². The Bertz CT molecular complexity index is 2110. The molecule has 3 fully saturated rings. The zero-order valence-corrected chi connectivity index (χ0v) is 30.4. The second kappa shape index (κ2) is 15.6. The van der Waals surface area contributed by atoms with E-state index in [0.717, 1.165) is 54.3 Å². The van der Waals surface area contributed by atoms with Crippen molar-refractivity contribution in [1.82, 2.24) is 29.7 Å². The van der Waals surface area contributed by atoms with Crippen LogP contribution >= 0.6 is 0 Å². The van der Waals surface area contributed by atoms with Crippen molar-refractivity contribution in [3.63, 3.8) is 0 Å². The van der Waals surface area contributed by atoms with E-state index in [9.17, 15) is 29.0 Å². The fourth-order valence-corrected chi connectivity index (χ4v) is 7.60. The maximum Gasteiger partial charge on any atom is 0.326 e. The molecule has 0 unspecified atom stereocenters. The van der Waals surface area contributed by atoms with E-state index < -0.39 is 47.5 Å². The Balaban J connectivity index is 0.995. The molecule has 54 heavy (non-hydrogen) atoms. The summed E-state index contributed by atoms with van der Waals surface area (Å²) in [6.07, 6.45) is 1.57. The largest absolute Gasteiger partial charge is 0.480 e. The molecule has 3 radical (unpaired) electrons. The lowest BCUT2D eigenvalue weighted by Gasteiger charge is -2.39. The Morgan fingerprint density at radius 3 is 2.63 bits per heavy atom. The Morgan fingerprint density at radius 1 is 1.13 bits per heavy atom. The number of nitriles is 1. The minimum atomic E-state index is -1.20. The number of carbonyl (C=O) groups is 3. The Kier molecular flexibility index (Phi) is 10.7. The van der Waals surface area contributed by atoms with Crippen LogP contribution in [0, 0.1) is 17.1 Å². The summed E-state index contributed by atoms with van der Waals surface area (Å²) < 4.78 is 28.1. The third-order valence-electron chi connectivity index (χ3n) is 10.3. The van der Waals surface area contributed by atoms with Gasteiger partial charge >= 0.3 is 5.97 Å². The van der Waals surface area contributed by atoms with Crippen LogP contribution in [-0.4, -0.2) is 113 Å². The number of nitrogens with zero attached hydrogens (tertiary/aromatic N) is 6. The van der Waals surface area contributed by atoms with Gasteiger partial charge in [0, 0.05) is 54.9 Å². The molecule has 3 atom stereocenters. The third kappa shape index (κ3) is 8.14. The second-order valence-electron chi connectivity index (χ2n) is 14.0. The zero-order chi connectivity index (χ0) is 38.0. The summed E-state index contributed by atoms with van der Waals surface area (Å²) in [5.74, 6) is -1.34. The monoisotopic (exact) mass is 752 g/mol. The number of nitrogens with one attached hydrogen (secondary N) is 1. The summed E-state index contributed by atoms with van der Waals surface area (Å²) in [4.78, 5) is 50.5. The van der Waals surface area contributed by atoms with Crippen molar-refractivity contribution in [2.45, 2.75) is 68.7 Å². The molecule has 3 N–H and O–H groups in total. The van der Waals surface area contributed by atoms with Crippen LogP contribution in [0.1, 0.15) is 64.6 Å². The highest BCUT2D eigenvalue weighted by atomic mass is 28.1. The van der Waals surface area contributed by atoms with Gasteiger partial charge < -0.3 is 34.5 Å². The number of hydrogen-bond acceptors (Lipinski definition) is 10. The van der Waals surface area contributed by atoms with Crippen molar-refractivity contribution in [3.05, 3.63) is 88.6 Å². The summed E-state index contributed by atoms with van der Waals surface area (Å²) in [5, 5.41) is 30.4. The highest BCUT2D eigenvalue weighted by Crippen LogP contribution is 2.31. The van der Waals surface area contributed by atoms with Gasteiger partial charge in [-0.15, -0.1) is 0 Å². The number of halogens is 1. The fourth-order valence-electron chi connectivity index (χ4n) is 7.24. The van der Waals surface area contributed by atoms with Crippen LogP contribution in [-0.2, 0) is 34.0 Å². The lowest BCUT2D eigenvalue weighted by molar-refractivity contribution is -0.147. The van der Waals surface area contributed by atoms with Crippen molar-refractivity contribution in [3.8, 4) is 11.9 Å². The zero-order valence-electron chi connectivity index (χ0n) is 29.4. The predicted octanol–water partition coefficient (Wildman–Crippen LogP) is 2.46. The number of aliphatic carboxylic acids is 1. The molecular formula is C38H39FN7O7Si. The summed E-state index contributed by atoms with van der Waals surface area (Å²) >= 11 is 0. The summed E-state index contributed by atoms with van der Waals surface area (Å²) in [6, 6.07) is 15.9. The van der Waals surface area contributed by atoms with E-state index in [1.165, 1.54) is 6.07 Å². The quantitative estimate of drug-likeness (QED) is 0.181. The maximum atomic E-state index is 14.4. The number of β-amino-alcohol motifs (C(OH)–C–C–N with tert-alkyl or cyclic N) is 1. The molecule has 0 saturated carbocycles. The van der Waals surface area contributed by atoms with Gasteiger partial charge in [0.15, 0.2) is 0 Å². The van der Waals surface area contributed by atoms with Gasteiger partial charge in [0.25, 0.3) is 5.91 Å². The van der Waals surface area contributed by atoms with E-state index in [1.54, 1.807) is 30.3 Å².